The smallest absolute Gasteiger partial charge is 0.326 e. The van der Waals surface area contributed by atoms with Crippen molar-refractivity contribution in [2.75, 3.05) is 13.2 Å². The lowest BCUT2D eigenvalue weighted by atomic mass is 10.1. The maximum absolute atomic E-state index is 12.5. The predicted molar refractivity (Wildman–Crippen MR) is 99.7 cm³/mol. The second-order valence-electron chi connectivity index (χ2n) is 7.45. The molecule has 0 saturated carbocycles. The third-order valence-electron chi connectivity index (χ3n) is 4.67. The molecule has 1 saturated heterocycles. The van der Waals surface area contributed by atoms with Crippen LogP contribution in [0.3, 0.4) is 0 Å². The number of aromatic nitrogens is 2. The Balaban J connectivity index is 1.65. The molecule has 29 heavy (non-hydrogen) atoms. The number of carbonyl (C=O) groups excluding carboxylic acids is 4. The number of carbonyl (C=O) groups is 4. The van der Waals surface area contributed by atoms with Crippen LogP contribution in [-0.2, 0) is 14.3 Å². The molecule has 1 fully saturated rings. The topological polar surface area (TPSA) is 124 Å². The van der Waals surface area contributed by atoms with Gasteiger partial charge in [0.05, 0.1) is 0 Å². The van der Waals surface area contributed by atoms with Crippen molar-refractivity contribution < 1.29 is 28.4 Å². The summed E-state index contributed by atoms with van der Waals surface area (Å²) >= 11 is 0. The van der Waals surface area contributed by atoms with Crippen LogP contribution in [0.4, 0.5) is 4.79 Å². The molecule has 10 heteroatoms. The standard InChI is InChI=1S/C19H22N4O6/c1-10-6-13(12(3)23(10)15-7-11(2)29-21-15)14(24)9-28-16(25)8-22-17(26)19(4,5)20-18(22)27/h6-7H,8-9H2,1-5H3,(H,20,27). The number of imide groups is 1. The third kappa shape index (κ3) is 3.78. The molecule has 0 aliphatic carbocycles. The number of esters is 1. The Morgan fingerprint density at radius 1 is 1.21 bits per heavy atom. The summed E-state index contributed by atoms with van der Waals surface area (Å²) < 4.78 is 11.8. The van der Waals surface area contributed by atoms with Crippen molar-refractivity contribution in [2.45, 2.75) is 40.2 Å². The summed E-state index contributed by atoms with van der Waals surface area (Å²) in [5.41, 5.74) is 0.705. The number of rotatable bonds is 6. The summed E-state index contributed by atoms with van der Waals surface area (Å²) in [4.78, 5) is 49.3. The molecule has 1 aliphatic rings. The summed E-state index contributed by atoms with van der Waals surface area (Å²) in [6.45, 7) is 7.35. The van der Waals surface area contributed by atoms with Crippen LogP contribution in [0.2, 0.25) is 0 Å². The van der Waals surface area contributed by atoms with Gasteiger partial charge in [-0.2, -0.15) is 0 Å². The van der Waals surface area contributed by atoms with E-state index in [0.29, 0.717) is 22.8 Å². The zero-order valence-electron chi connectivity index (χ0n) is 16.9. The van der Waals surface area contributed by atoms with Gasteiger partial charge in [-0.25, -0.2) is 4.79 Å². The Bertz CT molecular complexity index is 1020. The molecular weight excluding hydrogens is 380 g/mol. The number of ether oxygens (including phenoxy) is 1. The number of Topliss-reactive ketones (excluding diaryl/α,β-unsaturated/α-hetero) is 1. The van der Waals surface area contributed by atoms with Gasteiger partial charge in [0.25, 0.3) is 5.91 Å². The van der Waals surface area contributed by atoms with Crippen molar-refractivity contribution in [3.63, 3.8) is 0 Å². The van der Waals surface area contributed by atoms with Crippen molar-refractivity contribution in [1.82, 2.24) is 19.9 Å². The summed E-state index contributed by atoms with van der Waals surface area (Å²) in [5.74, 6) is -0.596. The van der Waals surface area contributed by atoms with Gasteiger partial charge in [-0.3, -0.25) is 23.9 Å². The van der Waals surface area contributed by atoms with Crippen molar-refractivity contribution in [2.24, 2.45) is 0 Å². The first-order chi connectivity index (χ1) is 13.5. The highest BCUT2D eigenvalue weighted by Gasteiger charge is 2.45. The molecule has 0 atom stereocenters. The molecule has 3 heterocycles. The van der Waals surface area contributed by atoms with E-state index in [-0.39, 0.29) is 0 Å². The minimum absolute atomic E-state index is 0.382. The number of ketones is 1. The Morgan fingerprint density at radius 2 is 1.90 bits per heavy atom. The summed E-state index contributed by atoms with van der Waals surface area (Å²) in [5, 5.41) is 6.42. The van der Waals surface area contributed by atoms with Gasteiger partial charge in [0.2, 0.25) is 5.78 Å². The van der Waals surface area contributed by atoms with Gasteiger partial charge < -0.3 is 14.6 Å². The van der Waals surface area contributed by atoms with E-state index in [1.807, 2.05) is 6.92 Å². The van der Waals surface area contributed by atoms with E-state index in [9.17, 15) is 19.2 Å². The lowest BCUT2D eigenvalue weighted by Crippen LogP contribution is -2.41. The Kier molecular flexibility index (Phi) is 5.04. The molecule has 1 aliphatic heterocycles. The maximum Gasteiger partial charge on any atom is 0.326 e. The highest BCUT2D eigenvalue weighted by molar-refractivity contribution is 6.08. The molecule has 0 radical (unpaired) electrons. The minimum Gasteiger partial charge on any atom is -0.456 e. The van der Waals surface area contributed by atoms with E-state index in [0.717, 1.165) is 10.6 Å². The van der Waals surface area contributed by atoms with Crippen molar-refractivity contribution in [1.29, 1.82) is 0 Å². The fraction of sp³-hybridized carbons (Fsp3) is 0.421. The van der Waals surface area contributed by atoms with E-state index in [2.05, 4.69) is 10.5 Å². The molecule has 3 rings (SSSR count). The van der Waals surface area contributed by atoms with Gasteiger partial charge in [-0.15, -0.1) is 0 Å². The molecule has 154 valence electrons. The monoisotopic (exact) mass is 402 g/mol. The molecule has 2 aromatic heterocycles. The van der Waals surface area contributed by atoms with Gasteiger partial charge in [-0.1, -0.05) is 5.16 Å². The largest absolute Gasteiger partial charge is 0.456 e. The first kappa shape index (κ1) is 20.3. The zero-order chi connectivity index (χ0) is 21.5. The second kappa shape index (κ2) is 7.19. The summed E-state index contributed by atoms with van der Waals surface area (Å²) in [7, 11) is 0. The van der Waals surface area contributed by atoms with Gasteiger partial charge in [0.15, 0.2) is 12.4 Å². The lowest BCUT2D eigenvalue weighted by molar-refractivity contribution is -0.146. The highest BCUT2D eigenvalue weighted by Crippen LogP contribution is 2.21. The Morgan fingerprint density at radius 3 is 2.45 bits per heavy atom. The molecule has 0 bridgehead atoms. The van der Waals surface area contributed by atoms with Crippen LogP contribution < -0.4 is 5.32 Å². The first-order valence-electron chi connectivity index (χ1n) is 8.97. The quantitative estimate of drug-likeness (QED) is 0.440. The van der Waals surface area contributed by atoms with E-state index in [1.165, 1.54) is 13.8 Å². The summed E-state index contributed by atoms with van der Waals surface area (Å²) in [6, 6.07) is 2.75. The third-order valence-corrected chi connectivity index (χ3v) is 4.67. The molecular formula is C19H22N4O6. The molecule has 2 aromatic rings. The maximum atomic E-state index is 12.5. The first-order valence-corrected chi connectivity index (χ1v) is 8.97. The number of urea groups is 1. The number of amides is 3. The van der Waals surface area contributed by atoms with Crippen LogP contribution in [0.1, 0.15) is 41.4 Å². The summed E-state index contributed by atoms with van der Waals surface area (Å²) in [6.07, 6.45) is 0. The van der Waals surface area contributed by atoms with Gasteiger partial charge in [0.1, 0.15) is 17.8 Å². The van der Waals surface area contributed by atoms with Crippen molar-refractivity contribution in [3.8, 4) is 5.82 Å². The van der Waals surface area contributed by atoms with E-state index in [4.69, 9.17) is 9.26 Å². The predicted octanol–water partition coefficient (Wildman–Crippen LogP) is 1.45. The number of nitrogens with one attached hydrogen (secondary N) is 1. The van der Waals surface area contributed by atoms with Crippen LogP contribution in [-0.4, -0.2) is 57.0 Å². The Labute approximate surface area is 166 Å². The van der Waals surface area contributed by atoms with Crippen LogP contribution in [0, 0.1) is 20.8 Å². The number of hydrogen-bond acceptors (Lipinski definition) is 7. The minimum atomic E-state index is -1.08. The molecule has 1 N–H and O–H groups in total. The average molecular weight is 402 g/mol. The van der Waals surface area contributed by atoms with Gasteiger partial charge >= 0.3 is 12.0 Å². The van der Waals surface area contributed by atoms with E-state index < -0.39 is 42.4 Å². The van der Waals surface area contributed by atoms with E-state index >= 15 is 0 Å². The fourth-order valence-electron chi connectivity index (χ4n) is 3.22. The molecule has 0 unspecified atom stereocenters. The second-order valence-corrected chi connectivity index (χ2v) is 7.45. The number of aryl methyl sites for hydroxylation is 2. The van der Waals surface area contributed by atoms with Crippen LogP contribution in [0.25, 0.3) is 5.82 Å². The van der Waals surface area contributed by atoms with Gasteiger partial charge in [0, 0.05) is 23.0 Å². The molecule has 10 nitrogen and oxygen atoms in total. The Hall–Kier alpha value is -3.43. The fourth-order valence-corrected chi connectivity index (χ4v) is 3.22. The van der Waals surface area contributed by atoms with Crippen LogP contribution in [0.15, 0.2) is 16.7 Å². The van der Waals surface area contributed by atoms with Crippen LogP contribution >= 0.6 is 0 Å². The normalized spacial score (nSPS) is 15.6. The van der Waals surface area contributed by atoms with E-state index in [1.54, 1.807) is 30.5 Å². The molecule has 3 amide bonds. The lowest BCUT2D eigenvalue weighted by Gasteiger charge is -2.15. The van der Waals surface area contributed by atoms with Crippen molar-refractivity contribution in [3.05, 3.63) is 34.8 Å². The zero-order valence-corrected chi connectivity index (χ0v) is 16.9. The van der Waals surface area contributed by atoms with Gasteiger partial charge in [-0.05, 0) is 40.7 Å². The number of hydrogen-bond donors (Lipinski definition) is 1. The van der Waals surface area contributed by atoms with Crippen LogP contribution in [0.5, 0.6) is 0 Å². The van der Waals surface area contributed by atoms with Crippen molar-refractivity contribution >= 4 is 23.7 Å². The average Bonchev–Trinajstić information content (AvgIpc) is 3.23. The molecule has 0 spiro atoms. The SMILES string of the molecule is Cc1cc(-n2c(C)cc(C(=O)COC(=O)CN3C(=O)NC(C)(C)C3=O)c2C)no1. The molecule has 0 aromatic carbocycles. The number of nitrogens with zero attached hydrogens (tertiary/aromatic N) is 3. The highest BCUT2D eigenvalue weighted by atomic mass is 16.5.